The number of hydrogen-bond donors (Lipinski definition) is 2. The van der Waals surface area contributed by atoms with E-state index in [0.717, 1.165) is 24.8 Å². The van der Waals surface area contributed by atoms with Crippen LogP contribution in [-0.2, 0) is 19.1 Å². The third-order valence-corrected chi connectivity index (χ3v) is 9.05. The Morgan fingerprint density at radius 2 is 1.83 bits per heavy atom. The van der Waals surface area contributed by atoms with Gasteiger partial charge in [0.25, 0.3) is 0 Å². The number of carbonyl (C=O) groups is 3. The van der Waals surface area contributed by atoms with Gasteiger partial charge in [-0.1, -0.05) is 13.8 Å². The number of aliphatic hydroxyl groups is 2. The molecule has 2 N–H and O–H groups in total. The molecule has 3 saturated carbocycles. The molecular formula is C24H32O6. The summed E-state index contributed by atoms with van der Waals surface area (Å²) in [5, 5.41) is 21.5. The number of carbonyl (C=O) groups excluding carboxylic acids is 3. The van der Waals surface area contributed by atoms with Crippen LogP contribution in [0.3, 0.4) is 0 Å². The van der Waals surface area contributed by atoms with E-state index in [-0.39, 0.29) is 35.2 Å². The summed E-state index contributed by atoms with van der Waals surface area (Å²) in [6.07, 6.45) is 6.45. The molecule has 0 aromatic carbocycles. The van der Waals surface area contributed by atoms with Crippen LogP contribution in [0, 0.1) is 34.5 Å². The summed E-state index contributed by atoms with van der Waals surface area (Å²) in [7, 11) is 0. The van der Waals surface area contributed by atoms with E-state index in [2.05, 4.69) is 6.92 Å². The maximum absolute atomic E-state index is 13.1. The predicted molar refractivity (Wildman–Crippen MR) is 109 cm³/mol. The lowest BCUT2D eigenvalue weighted by atomic mass is 9.45. The molecule has 4 aliphatic rings. The largest absolute Gasteiger partial charge is 0.508 e. The number of ether oxygens (including phenoxy) is 1. The van der Waals surface area contributed by atoms with E-state index in [0.29, 0.717) is 12.8 Å². The number of Topliss-reactive ketones (excluding diaryl/α,β-unsaturated/α-hetero) is 1. The summed E-state index contributed by atoms with van der Waals surface area (Å²) in [4.78, 5) is 37.2. The van der Waals surface area contributed by atoms with Gasteiger partial charge in [0.15, 0.2) is 12.4 Å². The molecule has 6 nitrogen and oxygen atoms in total. The third kappa shape index (κ3) is 2.68. The van der Waals surface area contributed by atoms with Gasteiger partial charge in [-0.05, 0) is 74.3 Å². The SMILES string of the molecule is CC(=O)OCC(=O)[C@@]1(O)CC[C@H]2[C@@H]3C[C@H](C)C4=CC(O)=CC(=O)[C@]4(C)[C@H]3CC[C@@]21C. The molecule has 4 aliphatic carbocycles. The van der Waals surface area contributed by atoms with Gasteiger partial charge in [-0.15, -0.1) is 0 Å². The summed E-state index contributed by atoms with van der Waals surface area (Å²) in [5.74, 6) is -0.352. The first-order chi connectivity index (χ1) is 13.9. The Bertz CT molecular complexity index is 871. The molecule has 4 rings (SSSR count). The van der Waals surface area contributed by atoms with Gasteiger partial charge < -0.3 is 14.9 Å². The first kappa shape index (κ1) is 21.3. The van der Waals surface area contributed by atoms with Crippen LogP contribution < -0.4 is 0 Å². The van der Waals surface area contributed by atoms with Crippen molar-refractivity contribution in [1.29, 1.82) is 0 Å². The van der Waals surface area contributed by atoms with E-state index < -0.39 is 34.8 Å². The van der Waals surface area contributed by atoms with Gasteiger partial charge in [-0.25, -0.2) is 0 Å². The van der Waals surface area contributed by atoms with E-state index in [9.17, 15) is 24.6 Å². The first-order valence-corrected chi connectivity index (χ1v) is 11.0. The van der Waals surface area contributed by atoms with Crippen LogP contribution in [-0.4, -0.2) is 40.0 Å². The molecule has 0 bridgehead atoms. The average molecular weight is 417 g/mol. The molecule has 3 fully saturated rings. The van der Waals surface area contributed by atoms with Crippen molar-refractivity contribution in [1.82, 2.24) is 0 Å². The maximum Gasteiger partial charge on any atom is 0.303 e. The van der Waals surface area contributed by atoms with Crippen molar-refractivity contribution >= 4 is 17.5 Å². The summed E-state index contributed by atoms with van der Waals surface area (Å²) in [6.45, 7) is 6.97. The van der Waals surface area contributed by atoms with Crippen molar-refractivity contribution < 1.29 is 29.3 Å². The van der Waals surface area contributed by atoms with Crippen LogP contribution in [0.1, 0.15) is 59.8 Å². The molecule has 0 amide bonds. The van der Waals surface area contributed by atoms with E-state index in [1.165, 1.54) is 13.0 Å². The lowest BCUT2D eigenvalue weighted by Gasteiger charge is -2.59. The smallest absolute Gasteiger partial charge is 0.303 e. The zero-order chi connectivity index (χ0) is 22.1. The fourth-order valence-corrected chi connectivity index (χ4v) is 7.46. The van der Waals surface area contributed by atoms with Crippen molar-refractivity contribution in [3.63, 3.8) is 0 Å². The van der Waals surface area contributed by atoms with Gasteiger partial charge in [-0.2, -0.15) is 0 Å². The summed E-state index contributed by atoms with van der Waals surface area (Å²) < 4.78 is 4.91. The van der Waals surface area contributed by atoms with Crippen molar-refractivity contribution in [2.75, 3.05) is 6.61 Å². The second kappa shape index (κ2) is 6.78. The Morgan fingerprint density at radius 3 is 2.50 bits per heavy atom. The highest BCUT2D eigenvalue weighted by atomic mass is 16.5. The molecule has 7 atom stereocenters. The second-order valence-electron chi connectivity index (χ2n) is 10.3. The molecule has 0 aromatic rings. The van der Waals surface area contributed by atoms with Crippen LogP contribution in [0.25, 0.3) is 0 Å². The minimum Gasteiger partial charge on any atom is -0.508 e. The van der Waals surface area contributed by atoms with E-state index >= 15 is 0 Å². The highest BCUT2D eigenvalue weighted by Crippen LogP contribution is 2.67. The Kier molecular flexibility index (Phi) is 4.81. The minimum absolute atomic E-state index is 0.0322. The van der Waals surface area contributed by atoms with Gasteiger partial charge in [0, 0.05) is 18.4 Å². The second-order valence-corrected chi connectivity index (χ2v) is 10.3. The van der Waals surface area contributed by atoms with E-state index in [1.807, 2.05) is 13.8 Å². The molecule has 164 valence electrons. The quantitative estimate of drug-likeness (QED) is 0.685. The van der Waals surface area contributed by atoms with Gasteiger partial charge in [0.2, 0.25) is 5.78 Å². The minimum atomic E-state index is -1.51. The highest BCUT2D eigenvalue weighted by Gasteiger charge is 2.67. The van der Waals surface area contributed by atoms with Crippen LogP contribution in [0.5, 0.6) is 0 Å². The Labute approximate surface area is 177 Å². The zero-order valence-electron chi connectivity index (χ0n) is 18.2. The summed E-state index contributed by atoms with van der Waals surface area (Å²) >= 11 is 0. The molecule has 0 aliphatic heterocycles. The number of aliphatic hydroxyl groups excluding tert-OH is 1. The lowest BCUT2D eigenvalue weighted by Crippen LogP contribution is -2.59. The van der Waals surface area contributed by atoms with Gasteiger partial charge >= 0.3 is 5.97 Å². The monoisotopic (exact) mass is 416 g/mol. The number of fused-ring (bicyclic) bond motifs is 5. The molecule has 0 spiro atoms. The molecule has 0 radical (unpaired) electrons. The molecular weight excluding hydrogens is 384 g/mol. The lowest BCUT2D eigenvalue weighted by molar-refractivity contribution is -0.170. The fourth-order valence-electron chi connectivity index (χ4n) is 7.46. The van der Waals surface area contributed by atoms with Crippen LogP contribution >= 0.6 is 0 Å². The normalized spacial score (nSPS) is 44.9. The molecule has 30 heavy (non-hydrogen) atoms. The maximum atomic E-state index is 13.1. The number of hydrogen-bond acceptors (Lipinski definition) is 6. The van der Waals surface area contributed by atoms with Crippen molar-refractivity contribution in [3.8, 4) is 0 Å². The summed E-state index contributed by atoms with van der Waals surface area (Å²) in [6, 6.07) is 0. The Hall–Kier alpha value is -1.95. The third-order valence-electron chi connectivity index (χ3n) is 9.05. The molecule has 6 heteroatoms. The number of esters is 1. The van der Waals surface area contributed by atoms with Crippen molar-refractivity contribution in [2.24, 2.45) is 34.5 Å². The summed E-state index contributed by atoms with van der Waals surface area (Å²) in [5.41, 5.74) is -1.74. The first-order valence-electron chi connectivity index (χ1n) is 11.0. The van der Waals surface area contributed by atoms with Crippen molar-refractivity contribution in [2.45, 2.75) is 65.4 Å². The number of allylic oxidation sites excluding steroid dienone is 3. The standard InChI is InChI=1S/C24H32O6/c1-13-9-16-17-6-8-24(29,21(28)12-30-14(2)25)22(17,3)7-5-18(16)23(4)19(13)10-15(26)11-20(23)27/h10-11,13,16-18,26,29H,5-9,12H2,1-4H3/t13-,16-,17-,18-,22-,23+,24-/m0/s1. The predicted octanol–water partition coefficient (Wildman–Crippen LogP) is 3.29. The topological polar surface area (TPSA) is 101 Å². The molecule has 0 heterocycles. The van der Waals surface area contributed by atoms with Crippen LogP contribution in [0.15, 0.2) is 23.5 Å². The van der Waals surface area contributed by atoms with Gasteiger partial charge in [0.1, 0.15) is 11.4 Å². The van der Waals surface area contributed by atoms with Crippen LogP contribution in [0.4, 0.5) is 0 Å². The zero-order valence-corrected chi connectivity index (χ0v) is 18.2. The number of ketones is 2. The van der Waals surface area contributed by atoms with Gasteiger partial charge in [0.05, 0.1) is 5.41 Å². The fraction of sp³-hybridized carbons (Fsp3) is 0.708. The highest BCUT2D eigenvalue weighted by molar-refractivity contribution is 5.99. The number of rotatable bonds is 3. The Morgan fingerprint density at radius 1 is 1.17 bits per heavy atom. The van der Waals surface area contributed by atoms with E-state index in [1.54, 1.807) is 6.08 Å². The molecule has 0 unspecified atom stereocenters. The molecule has 0 aromatic heterocycles. The molecule has 0 saturated heterocycles. The average Bonchev–Trinajstić information content (AvgIpc) is 2.94. The van der Waals surface area contributed by atoms with E-state index in [4.69, 9.17) is 4.74 Å². The van der Waals surface area contributed by atoms with Gasteiger partial charge in [-0.3, -0.25) is 14.4 Å². The van der Waals surface area contributed by atoms with Crippen molar-refractivity contribution in [3.05, 3.63) is 23.5 Å². The van der Waals surface area contributed by atoms with Crippen LogP contribution in [0.2, 0.25) is 0 Å². The Balaban J connectivity index is 1.67.